The van der Waals surface area contributed by atoms with Gasteiger partial charge in [0.25, 0.3) is 0 Å². The van der Waals surface area contributed by atoms with Crippen molar-refractivity contribution in [3.8, 4) is 0 Å². The molecule has 114 valence electrons. The number of amides is 3. The first kappa shape index (κ1) is 16.3. The van der Waals surface area contributed by atoms with E-state index < -0.39 is 31.1 Å². The Hall–Kier alpha value is -1.80. The van der Waals surface area contributed by atoms with Crippen molar-refractivity contribution in [2.24, 2.45) is 5.92 Å². The SMILES string of the molecule is CN(CC(=O)NCC(F)(F)F)C(=O)C1CCC(=O)NC1. The Morgan fingerprint density at radius 2 is 2.10 bits per heavy atom. The van der Waals surface area contributed by atoms with Crippen LogP contribution in [0.1, 0.15) is 12.8 Å². The van der Waals surface area contributed by atoms with Crippen LogP contribution in [0.15, 0.2) is 0 Å². The third kappa shape index (κ3) is 5.45. The van der Waals surface area contributed by atoms with Gasteiger partial charge in [0.2, 0.25) is 17.7 Å². The zero-order valence-corrected chi connectivity index (χ0v) is 10.9. The number of carbonyl (C=O) groups excluding carboxylic acids is 3. The van der Waals surface area contributed by atoms with E-state index in [1.165, 1.54) is 7.05 Å². The van der Waals surface area contributed by atoms with Gasteiger partial charge in [-0.05, 0) is 6.42 Å². The number of hydrogen-bond acceptors (Lipinski definition) is 3. The number of alkyl halides is 3. The van der Waals surface area contributed by atoms with Crippen molar-refractivity contribution in [2.75, 3.05) is 26.7 Å². The maximum absolute atomic E-state index is 11.9. The second-order valence-electron chi connectivity index (χ2n) is 4.63. The van der Waals surface area contributed by atoms with E-state index in [1.54, 1.807) is 5.32 Å². The molecule has 0 aliphatic carbocycles. The minimum Gasteiger partial charge on any atom is -0.355 e. The molecule has 1 unspecified atom stereocenters. The summed E-state index contributed by atoms with van der Waals surface area (Å²) < 4.78 is 35.7. The van der Waals surface area contributed by atoms with E-state index >= 15 is 0 Å². The molecule has 9 heteroatoms. The average molecular weight is 295 g/mol. The van der Waals surface area contributed by atoms with Crippen LogP contribution in [-0.2, 0) is 14.4 Å². The number of halogens is 3. The van der Waals surface area contributed by atoms with Crippen molar-refractivity contribution in [1.82, 2.24) is 15.5 Å². The summed E-state index contributed by atoms with van der Waals surface area (Å²) in [6, 6.07) is 0. The monoisotopic (exact) mass is 295 g/mol. The van der Waals surface area contributed by atoms with Crippen molar-refractivity contribution in [2.45, 2.75) is 19.0 Å². The van der Waals surface area contributed by atoms with Gasteiger partial charge in [-0.3, -0.25) is 14.4 Å². The predicted octanol–water partition coefficient (Wildman–Crippen LogP) is -0.350. The highest BCUT2D eigenvalue weighted by Gasteiger charge is 2.30. The Labute approximate surface area is 113 Å². The second-order valence-corrected chi connectivity index (χ2v) is 4.63. The normalized spacial score (nSPS) is 19.2. The highest BCUT2D eigenvalue weighted by molar-refractivity contribution is 5.87. The molecule has 2 N–H and O–H groups in total. The van der Waals surface area contributed by atoms with Gasteiger partial charge in [0.1, 0.15) is 6.54 Å². The summed E-state index contributed by atoms with van der Waals surface area (Å²) in [7, 11) is 1.34. The van der Waals surface area contributed by atoms with Crippen LogP contribution >= 0.6 is 0 Å². The highest BCUT2D eigenvalue weighted by atomic mass is 19.4. The van der Waals surface area contributed by atoms with E-state index in [0.717, 1.165) is 4.90 Å². The van der Waals surface area contributed by atoms with E-state index in [1.807, 2.05) is 0 Å². The molecule has 0 saturated carbocycles. The van der Waals surface area contributed by atoms with Crippen LogP contribution < -0.4 is 10.6 Å². The van der Waals surface area contributed by atoms with Crippen LogP contribution in [0.3, 0.4) is 0 Å². The molecular formula is C11H16F3N3O3. The largest absolute Gasteiger partial charge is 0.405 e. The summed E-state index contributed by atoms with van der Waals surface area (Å²) in [6.45, 7) is -1.68. The number of likely N-dealkylation sites (N-methyl/N-ethyl adjacent to an activating group) is 1. The third-order valence-electron chi connectivity index (χ3n) is 2.86. The zero-order valence-electron chi connectivity index (χ0n) is 10.9. The van der Waals surface area contributed by atoms with Crippen LogP contribution in [0.4, 0.5) is 13.2 Å². The molecule has 0 radical (unpaired) electrons. The van der Waals surface area contributed by atoms with Crippen molar-refractivity contribution in [3.05, 3.63) is 0 Å². The smallest absolute Gasteiger partial charge is 0.355 e. The van der Waals surface area contributed by atoms with E-state index in [4.69, 9.17) is 0 Å². The van der Waals surface area contributed by atoms with Gasteiger partial charge in [-0.25, -0.2) is 0 Å². The summed E-state index contributed by atoms with van der Waals surface area (Å²) >= 11 is 0. The lowest BCUT2D eigenvalue weighted by molar-refractivity contribution is -0.143. The standard InChI is InChI=1S/C11H16F3N3O3/c1-17(5-9(19)16-6-11(12,13)14)10(20)7-2-3-8(18)15-4-7/h7H,2-6H2,1H3,(H,15,18)(H,16,19). The quantitative estimate of drug-likeness (QED) is 0.744. The average Bonchev–Trinajstić information content (AvgIpc) is 2.35. The van der Waals surface area contributed by atoms with Gasteiger partial charge < -0.3 is 15.5 Å². The van der Waals surface area contributed by atoms with Crippen molar-refractivity contribution in [3.63, 3.8) is 0 Å². The number of nitrogens with zero attached hydrogens (tertiary/aromatic N) is 1. The van der Waals surface area contributed by atoms with Crippen LogP contribution in [0, 0.1) is 5.92 Å². The van der Waals surface area contributed by atoms with Crippen LogP contribution in [0.5, 0.6) is 0 Å². The van der Waals surface area contributed by atoms with Gasteiger partial charge in [0, 0.05) is 20.0 Å². The number of piperidine rings is 1. The zero-order chi connectivity index (χ0) is 15.3. The van der Waals surface area contributed by atoms with E-state index in [0.29, 0.717) is 6.42 Å². The molecule has 1 rings (SSSR count). The Bertz CT molecular complexity index is 388. The van der Waals surface area contributed by atoms with Crippen LogP contribution in [0.25, 0.3) is 0 Å². The molecule has 0 bridgehead atoms. The fraction of sp³-hybridized carbons (Fsp3) is 0.727. The number of nitrogens with one attached hydrogen (secondary N) is 2. The van der Waals surface area contributed by atoms with E-state index in [2.05, 4.69) is 5.32 Å². The summed E-state index contributed by atoms with van der Waals surface area (Å²) in [6.07, 6.45) is -3.88. The summed E-state index contributed by atoms with van der Waals surface area (Å²) in [4.78, 5) is 35.2. The first-order chi connectivity index (χ1) is 9.19. The second kappa shape index (κ2) is 6.58. The molecule has 20 heavy (non-hydrogen) atoms. The molecule has 1 saturated heterocycles. The van der Waals surface area contributed by atoms with Crippen LogP contribution in [-0.4, -0.2) is 55.5 Å². The lowest BCUT2D eigenvalue weighted by Crippen LogP contribution is -2.47. The molecule has 6 nitrogen and oxygen atoms in total. The fourth-order valence-electron chi connectivity index (χ4n) is 1.80. The van der Waals surface area contributed by atoms with E-state index in [-0.39, 0.29) is 24.8 Å². The molecule has 1 fully saturated rings. The van der Waals surface area contributed by atoms with Crippen molar-refractivity contribution in [1.29, 1.82) is 0 Å². The van der Waals surface area contributed by atoms with Gasteiger partial charge in [0.15, 0.2) is 0 Å². The van der Waals surface area contributed by atoms with Gasteiger partial charge in [-0.2, -0.15) is 13.2 Å². The van der Waals surface area contributed by atoms with Gasteiger partial charge in [-0.1, -0.05) is 0 Å². The molecule has 1 aliphatic rings. The highest BCUT2D eigenvalue weighted by Crippen LogP contribution is 2.14. The van der Waals surface area contributed by atoms with Crippen molar-refractivity contribution < 1.29 is 27.6 Å². The third-order valence-corrected chi connectivity index (χ3v) is 2.86. The number of hydrogen-bond donors (Lipinski definition) is 2. The van der Waals surface area contributed by atoms with Crippen molar-refractivity contribution >= 4 is 17.7 Å². The molecule has 1 heterocycles. The molecule has 0 aromatic rings. The predicted molar refractivity (Wildman–Crippen MR) is 62.4 cm³/mol. The fourth-order valence-corrected chi connectivity index (χ4v) is 1.80. The maximum atomic E-state index is 11.9. The molecule has 0 spiro atoms. The Morgan fingerprint density at radius 3 is 2.60 bits per heavy atom. The molecule has 1 atom stereocenters. The first-order valence-corrected chi connectivity index (χ1v) is 6.04. The first-order valence-electron chi connectivity index (χ1n) is 6.04. The Morgan fingerprint density at radius 1 is 1.45 bits per heavy atom. The topological polar surface area (TPSA) is 78.5 Å². The summed E-state index contributed by atoms with van der Waals surface area (Å²) in [5.41, 5.74) is 0. The molecule has 0 aromatic carbocycles. The molecule has 1 aliphatic heterocycles. The van der Waals surface area contributed by atoms with Crippen LogP contribution in [0.2, 0.25) is 0 Å². The van der Waals surface area contributed by atoms with Gasteiger partial charge in [-0.15, -0.1) is 0 Å². The minimum atomic E-state index is -4.48. The van der Waals surface area contributed by atoms with Gasteiger partial charge in [0.05, 0.1) is 12.5 Å². The maximum Gasteiger partial charge on any atom is 0.405 e. The van der Waals surface area contributed by atoms with Gasteiger partial charge >= 0.3 is 6.18 Å². The Balaban J connectivity index is 2.37. The van der Waals surface area contributed by atoms with E-state index in [9.17, 15) is 27.6 Å². The lowest BCUT2D eigenvalue weighted by atomic mass is 9.98. The molecule has 0 aromatic heterocycles. The summed E-state index contributed by atoms with van der Waals surface area (Å²) in [5.74, 6) is -1.82. The molecular weight excluding hydrogens is 279 g/mol. The molecule has 3 amide bonds. The summed E-state index contributed by atoms with van der Waals surface area (Å²) in [5, 5.41) is 4.22. The Kier molecular flexibility index (Phi) is 5.34. The number of rotatable bonds is 4. The lowest BCUT2D eigenvalue weighted by Gasteiger charge is -2.26. The number of carbonyl (C=O) groups is 3. The minimum absolute atomic E-state index is 0.139.